The number of hydrogen-bond acceptors (Lipinski definition) is 5. The van der Waals surface area contributed by atoms with E-state index < -0.39 is 4.92 Å². The molecule has 2 rings (SSSR count). The molecule has 0 amide bonds. The van der Waals surface area contributed by atoms with Crippen LogP contribution in [-0.4, -0.2) is 18.2 Å². The van der Waals surface area contributed by atoms with Gasteiger partial charge in [0.2, 0.25) is 5.75 Å². The van der Waals surface area contributed by atoms with Gasteiger partial charge in [-0.05, 0) is 43.2 Å². The van der Waals surface area contributed by atoms with E-state index in [0.29, 0.717) is 11.3 Å². The Morgan fingerprint density at radius 2 is 1.95 bits per heavy atom. The fourth-order valence-electron chi connectivity index (χ4n) is 1.91. The maximum atomic E-state index is 11.2. The first kappa shape index (κ1) is 15.5. The lowest BCUT2D eigenvalue weighted by atomic mass is 10.1. The van der Waals surface area contributed by atoms with Gasteiger partial charge in [-0.3, -0.25) is 10.1 Å². The quantitative estimate of drug-likeness (QED) is 0.475. The first-order chi connectivity index (χ1) is 10.5. The standard InChI is InChI=1S/C16H16N2O4/c1-11-5-4-6-15(12(11)2)22-16-8-7-13(10-17-21-3)9-14(16)18(19)20/h4-10H,1-3H3. The Bertz CT molecular complexity index is 726. The van der Waals surface area contributed by atoms with Gasteiger partial charge in [0.1, 0.15) is 12.9 Å². The van der Waals surface area contributed by atoms with Crippen molar-refractivity contribution in [1.82, 2.24) is 0 Å². The smallest absolute Gasteiger partial charge is 0.312 e. The molecule has 0 radical (unpaired) electrons. The molecule has 2 aromatic rings. The largest absolute Gasteiger partial charge is 0.450 e. The van der Waals surface area contributed by atoms with Gasteiger partial charge < -0.3 is 9.57 Å². The Morgan fingerprint density at radius 1 is 1.18 bits per heavy atom. The zero-order valence-electron chi connectivity index (χ0n) is 12.6. The second-order valence-corrected chi connectivity index (χ2v) is 4.70. The molecule has 0 fully saturated rings. The van der Waals surface area contributed by atoms with Crippen molar-refractivity contribution in [3.8, 4) is 11.5 Å². The molecular weight excluding hydrogens is 284 g/mol. The third-order valence-corrected chi connectivity index (χ3v) is 3.26. The molecule has 0 spiro atoms. The average molecular weight is 300 g/mol. The highest BCUT2D eigenvalue weighted by atomic mass is 16.6. The third kappa shape index (κ3) is 3.41. The van der Waals surface area contributed by atoms with Crippen LogP contribution in [-0.2, 0) is 4.84 Å². The summed E-state index contributed by atoms with van der Waals surface area (Å²) >= 11 is 0. The van der Waals surface area contributed by atoms with Crippen molar-refractivity contribution >= 4 is 11.9 Å². The molecule has 114 valence electrons. The summed E-state index contributed by atoms with van der Waals surface area (Å²) in [5.74, 6) is 0.787. The monoisotopic (exact) mass is 300 g/mol. The van der Waals surface area contributed by atoms with E-state index in [1.54, 1.807) is 18.2 Å². The molecule has 22 heavy (non-hydrogen) atoms. The zero-order chi connectivity index (χ0) is 16.1. The number of benzene rings is 2. The van der Waals surface area contributed by atoms with Crippen molar-refractivity contribution in [2.45, 2.75) is 13.8 Å². The molecule has 0 aromatic heterocycles. The normalized spacial score (nSPS) is 10.7. The van der Waals surface area contributed by atoms with Gasteiger partial charge in [-0.1, -0.05) is 17.3 Å². The van der Waals surface area contributed by atoms with E-state index in [4.69, 9.17) is 4.74 Å². The molecule has 6 heteroatoms. The van der Waals surface area contributed by atoms with Gasteiger partial charge in [-0.25, -0.2) is 0 Å². The van der Waals surface area contributed by atoms with Crippen LogP contribution in [0.4, 0.5) is 5.69 Å². The molecule has 6 nitrogen and oxygen atoms in total. The molecule has 0 saturated carbocycles. The highest BCUT2D eigenvalue weighted by molar-refractivity contribution is 5.81. The molecule has 0 saturated heterocycles. The van der Waals surface area contributed by atoms with E-state index in [0.717, 1.165) is 11.1 Å². The fraction of sp³-hybridized carbons (Fsp3) is 0.188. The van der Waals surface area contributed by atoms with Gasteiger partial charge in [0.25, 0.3) is 0 Å². The van der Waals surface area contributed by atoms with Crippen LogP contribution in [0.1, 0.15) is 16.7 Å². The maximum absolute atomic E-state index is 11.2. The average Bonchev–Trinajstić information content (AvgIpc) is 2.50. The summed E-state index contributed by atoms with van der Waals surface area (Å²) in [7, 11) is 1.41. The first-order valence-electron chi connectivity index (χ1n) is 6.62. The Morgan fingerprint density at radius 3 is 2.64 bits per heavy atom. The summed E-state index contributed by atoms with van der Waals surface area (Å²) in [6.45, 7) is 3.87. The topological polar surface area (TPSA) is 74.0 Å². The molecule has 0 heterocycles. The summed E-state index contributed by atoms with van der Waals surface area (Å²) in [6, 6.07) is 10.2. The lowest BCUT2D eigenvalue weighted by molar-refractivity contribution is -0.385. The van der Waals surface area contributed by atoms with Crippen LogP contribution >= 0.6 is 0 Å². The van der Waals surface area contributed by atoms with Crippen LogP contribution in [0.5, 0.6) is 11.5 Å². The van der Waals surface area contributed by atoms with E-state index >= 15 is 0 Å². The Balaban J connectivity index is 2.40. The lowest BCUT2D eigenvalue weighted by Crippen LogP contribution is -1.97. The molecular formula is C16H16N2O4. The zero-order valence-corrected chi connectivity index (χ0v) is 12.6. The van der Waals surface area contributed by atoms with Crippen molar-refractivity contribution < 1.29 is 14.5 Å². The molecule has 2 aromatic carbocycles. The number of aryl methyl sites for hydroxylation is 1. The van der Waals surface area contributed by atoms with Crippen LogP contribution < -0.4 is 4.74 Å². The molecule has 0 aliphatic carbocycles. The van der Waals surface area contributed by atoms with Gasteiger partial charge >= 0.3 is 5.69 Å². The highest BCUT2D eigenvalue weighted by Gasteiger charge is 2.17. The summed E-state index contributed by atoms with van der Waals surface area (Å²) in [4.78, 5) is 15.3. The van der Waals surface area contributed by atoms with Gasteiger partial charge in [0, 0.05) is 11.6 Å². The predicted octanol–water partition coefficient (Wildman–Crippen LogP) is 3.98. The Hall–Kier alpha value is -2.89. The summed E-state index contributed by atoms with van der Waals surface area (Å²) < 4.78 is 5.72. The lowest BCUT2D eigenvalue weighted by Gasteiger charge is -2.11. The van der Waals surface area contributed by atoms with E-state index in [2.05, 4.69) is 9.99 Å². The van der Waals surface area contributed by atoms with Crippen molar-refractivity contribution in [3.05, 3.63) is 63.2 Å². The summed E-state index contributed by atoms with van der Waals surface area (Å²) in [5, 5.41) is 14.8. The van der Waals surface area contributed by atoms with Crippen LogP contribution in [0.2, 0.25) is 0 Å². The predicted molar refractivity (Wildman–Crippen MR) is 83.7 cm³/mol. The number of nitro groups is 1. The fourth-order valence-corrected chi connectivity index (χ4v) is 1.91. The van der Waals surface area contributed by atoms with Crippen molar-refractivity contribution in [2.75, 3.05) is 7.11 Å². The number of nitro benzene ring substituents is 1. The molecule has 0 bridgehead atoms. The molecule has 0 unspecified atom stereocenters. The summed E-state index contributed by atoms with van der Waals surface area (Å²) in [5.41, 5.74) is 2.44. The minimum absolute atomic E-state index is 0.124. The first-order valence-corrected chi connectivity index (χ1v) is 6.62. The van der Waals surface area contributed by atoms with Crippen LogP contribution in [0, 0.1) is 24.0 Å². The molecule has 0 aliphatic rings. The molecule has 0 atom stereocenters. The van der Waals surface area contributed by atoms with E-state index in [1.807, 2.05) is 26.0 Å². The van der Waals surface area contributed by atoms with Gasteiger partial charge in [0.05, 0.1) is 11.1 Å². The molecule has 0 aliphatic heterocycles. The van der Waals surface area contributed by atoms with Gasteiger partial charge in [-0.2, -0.15) is 0 Å². The Kier molecular flexibility index (Phi) is 4.73. The van der Waals surface area contributed by atoms with Crippen molar-refractivity contribution in [3.63, 3.8) is 0 Å². The number of nitrogens with zero attached hydrogens (tertiary/aromatic N) is 2. The number of ether oxygens (including phenoxy) is 1. The summed E-state index contributed by atoms with van der Waals surface area (Å²) in [6.07, 6.45) is 1.40. The SMILES string of the molecule is CON=Cc1ccc(Oc2cccc(C)c2C)c([N+](=O)[O-])c1. The van der Waals surface area contributed by atoms with E-state index in [-0.39, 0.29) is 11.4 Å². The minimum atomic E-state index is -0.482. The Labute approximate surface area is 128 Å². The minimum Gasteiger partial charge on any atom is -0.450 e. The van der Waals surface area contributed by atoms with Crippen LogP contribution in [0.15, 0.2) is 41.6 Å². The molecule has 0 N–H and O–H groups in total. The van der Waals surface area contributed by atoms with Crippen LogP contribution in [0.3, 0.4) is 0 Å². The van der Waals surface area contributed by atoms with Crippen molar-refractivity contribution in [2.24, 2.45) is 5.16 Å². The maximum Gasteiger partial charge on any atom is 0.312 e. The number of rotatable bonds is 5. The van der Waals surface area contributed by atoms with Crippen LogP contribution in [0.25, 0.3) is 0 Å². The van der Waals surface area contributed by atoms with Crippen molar-refractivity contribution in [1.29, 1.82) is 0 Å². The third-order valence-electron chi connectivity index (χ3n) is 3.26. The van der Waals surface area contributed by atoms with Gasteiger partial charge in [0.15, 0.2) is 0 Å². The second kappa shape index (κ2) is 6.71. The highest BCUT2D eigenvalue weighted by Crippen LogP contribution is 2.34. The number of hydrogen-bond donors (Lipinski definition) is 0. The second-order valence-electron chi connectivity index (χ2n) is 4.70. The number of oxime groups is 1. The van der Waals surface area contributed by atoms with E-state index in [1.165, 1.54) is 19.4 Å². The van der Waals surface area contributed by atoms with E-state index in [9.17, 15) is 10.1 Å². The van der Waals surface area contributed by atoms with Gasteiger partial charge in [-0.15, -0.1) is 0 Å².